The van der Waals surface area contributed by atoms with Crippen molar-refractivity contribution < 1.29 is 0 Å². The van der Waals surface area contributed by atoms with E-state index < -0.39 is 0 Å². The predicted molar refractivity (Wildman–Crippen MR) is 71.6 cm³/mol. The van der Waals surface area contributed by atoms with Crippen LogP contribution in [0.3, 0.4) is 0 Å². The summed E-state index contributed by atoms with van der Waals surface area (Å²) in [5.41, 5.74) is 7.84. The Hall–Kier alpha value is -1.62. The van der Waals surface area contributed by atoms with E-state index in [9.17, 15) is 0 Å². The van der Waals surface area contributed by atoms with Gasteiger partial charge in [0.2, 0.25) is 0 Å². The zero-order valence-electron chi connectivity index (χ0n) is 10.6. The fraction of sp³-hybridized carbons (Fsp3) is 0.538. The van der Waals surface area contributed by atoms with Crippen molar-refractivity contribution in [3.05, 3.63) is 24.0 Å². The summed E-state index contributed by atoms with van der Waals surface area (Å²) in [4.78, 5) is 4.44. The molecule has 0 radical (unpaired) electrons. The summed E-state index contributed by atoms with van der Waals surface area (Å²) < 4.78 is 1.86. The number of aryl methyl sites for hydroxylation is 1. The maximum Gasteiger partial charge on any atom is 0.157 e. The minimum absolute atomic E-state index is 0.381. The van der Waals surface area contributed by atoms with E-state index in [4.69, 9.17) is 5.73 Å². The molecule has 0 aliphatic heterocycles. The number of nitrogens with zero attached hydrogens (tertiary/aromatic N) is 3. The lowest BCUT2D eigenvalue weighted by atomic mass is 9.92. The Kier molecular flexibility index (Phi) is 2.91. The van der Waals surface area contributed by atoms with Crippen molar-refractivity contribution in [1.82, 2.24) is 14.6 Å². The third kappa shape index (κ3) is 2.18. The second-order valence-corrected chi connectivity index (χ2v) is 5.14. The summed E-state index contributed by atoms with van der Waals surface area (Å²) in [6.45, 7) is 2.01. The number of rotatable bonds is 2. The molecule has 1 saturated carbocycles. The van der Waals surface area contributed by atoms with Crippen LogP contribution >= 0.6 is 0 Å². The van der Waals surface area contributed by atoms with Gasteiger partial charge in [-0.3, -0.25) is 0 Å². The van der Waals surface area contributed by atoms with Crippen LogP contribution in [0.15, 0.2) is 18.3 Å². The largest absolute Gasteiger partial charge is 0.367 e. The maximum absolute atomic E-state index is 5.93. The van der Waals surface area contributed by atoms with E-state index in [0.29, 0.717) is 12.1 Å². The molecule has 18 heavy (non-hydrogen) atoms. The fourth-order valence-corrected chi connectivity index (χ4v) is 2.61. The smallest absolute Gasteiger partial charge is 0.157 e. The quantitative estimate of drug-likeness (QED) is 0.845. The van der Waals surface area contributed by atoms with E-state index in [1.807, 2.05) is 17.5 Å². The summed E-state index contributed by atoms with van der Waals surface area (Å²) >= 11 is 0. The van der Waals surface area contributed by atoms with Gasteiger partial charge in [0, 0.05) is 29.9 Å². The summed E-state index contributed by atoms with van der Waals surface area (Å²) in [6, 6.07) is 4.86. The van der Waals surface area contributed by atoms with Gasteiger partial charge in [0.25, 0.3) is 0 Å². The average molecular weight is 245 g/mol. The molecule has 0 amide bonds. The number of fused-ring (bicyclic) bond motifs is 1. The molecule has 2 aromatic rings. The first-order chi connectivity index (χ1) is 8.72. The number of hydrogen-bond donors (Lipinski definition) is 2. The number of hydrogen-bond acceptors (Lipinski definition) is 4. The maximum atomic E-state index is 5.93. The normalized spacial score (nSPS) is 24.3. The van der Waals surface area contributed by atoms with Crippen LogP contribution in [0.5, 0.6) is 0 Å². The van der Waals surface area contributed by atoms with Crippen molar-refractivity contribution in [3.63, 3.8) is 0 Å². The van der Waals surface area contributed by atoms with E-state index in [2.05, 4.69) is 21.5 Å². The minimum Gasteiger partial charge on any atom is -0.367 e. The average Bonchev–Trinajstić information content (AvgIpc) is 2.80. The van der Waals surface area contributed by atoms with E-state index >= 15 is 0 Å². The van der Waals surface area contributed by atoms with Gasteiger partial charge in [-0.1, -0.05) is 0 Å². The van der Waals surface area contributed by atoms with Crippen LogP contribution in [0, 0.1) is 6.92 Å². The summed E-state index contributed by atoms with van der Waals surface area (Å²) in [5, 5.41) is 7.88. The van der Waals surface area contributed by atoms with Crippen LogP contribution in [-0.4, -0.2) is 26.7 Å². The van der Waals surface area contributed by atoms with Crippen LogP contribution in [0.4, 0.5) is 5.82 Å². The van der Waals surface area contributed by atoms with Crippen molar-refractivity contribution in [2.75, 3.05) is 5.32 Å². The van der Waals surface area contributed by atoms with Gasteiger partial charge in [-0.15, -0.1) is 0 Å². The molecule has 5 heteroatoms. The third-order valence-electron chi connectivity index (χ3n) is 3.61. The molecular weight excluding hydrogens is 226 g/mol. The Morgan fingerprint density at radius 2 is 2.11 bits per heavy atom. The van der Waals surface area contributed by atoms with Crippen molar-refractivity contribution in [1.29, 1.82) is 0 Å². The lowest BCUT2D eigenvalue weighted by molar-refractivity contribution is 0.410. The van der Waals surface area contributed by atoms with Crippen LogP contribution in [0.2, 0.25) is 0 Å². The molecular formula is C13H19N5. The fourth-order valence-electron chi connectivity index (χ4n) is 2.61. The van der Waals surface area contributed by atoms with Crippen molar-refractivity contribution in [2.24, 2.45) is 5.73 Å². The van der Waals surface area contributed by atoms with Crippen molar-refractivity contribution >= 4 is 11.5 Å². The third-order valence-corrected chi connectivity index (χ3v) is 3.61. The first kappa shape index (κ1) is 11.5. The SMILES string of the molecule is Cc1cc(N[C@H]2CC[C@H](N)CC2)n2nccc2n1. The van der Waals surface area contributed by atoms with Gasteiger partial charge in [0.1, 0.15) is 5.82 Å². The van der Waals surface area contributed by atoms with Gasteiger partial charge in [0.15, 0.2) is 5.65 Å². The second-order valence-electron chi connectivity index (χ2n) is 5.14. The van der Waals surface area contributed by atoms with Crippen molar-refractivity contribution in [2.45, 2.75) is 44.7 Å². The standard InChI is InChI=1S/C13H19N5/c1-9-8-13(18-12(16-9)6-7-15-18)17-11-4-2-10(14)3-5-11/h6-8,10-11,17H,2-5,14H2,1H3/t10-,11-. The van der Waals surface area contributed by atoms with E-state index in [1.54, 1.807) is 6.20 Å². The van der Waals surface area contributed by atoms with E-state index in [-0.39, 0.29) is 0 Å². The van der Waals surface area contributed by atoms with E-state index in [0.717, 1.165) is 42.8 Å². The Morgan fingerprint density at radius 3 is 2.89 bits per heavy atom. The Morgan fingerprint density at radius 1 is 1.33 bits per heavy atom. The molecule has 3 rings (SSSR count). The highest BCUT2D eigenvalue weighted by molar-refractivity contribution is 5.49. The number of nitrogens with one attached hydrogen (secondary N) is 1. The lowest BCUT2D eigenvalue weighted by Gasteiger charge is -2.27. The molecule has 96 valence electrons. The molecule has 0 bridgehead atoms. The number of aromatic nitrogens is 3. The Bertz CT molecular complexity index is 539. The Labute approximate surface area is 106 Å². The monoisotopic (exact) mass is 245 g/mol. The first-order valence-electron chi connectivity index (χ1n) is 6.56. The summed E-state index contributed by atoms with van der Waals surface area (Å²) in [6.07, 6.45) is 6.24. The van der Waals surface area contributed by atoms with Gasteiger partial charge < -0.3 is 11.1 Å². The highest BCUT2D eigenvalue weighted by Gasteiger charge is 2.19. The number of anilines is 1. The van der Waals surface area contributed by atoms with Crippen LogP contribution < -0.4 is 11.1 Å². The first-order valence-corrected chi connectivity index (χ1v) is 6.56. The molecule has 0 aromatic carbocycles. The molecule has 3 N–H and O–H groups in total. The number of nitrogens with two attached hydrogens (primary N) is 1. The molecule has 5 nitrogen and oxygen atoms in total. The van der Waals surface area contributed by atoms with Crippen LogP contribution in [0.25, 0.3) is 5.65 Å². The van der Waals surface area contributed by atoms with Gasteiger partial charge in [0.05, 0.1) is 6.20 Å². The van der Waals surface area contributed by atoms with Gasteiger partial charge in [-0.2, -0.15) is 9.61 Å². The molecule has 0 unspecified atom stereocenters. The highest BCUT2D eigenvalue weighted by Crippen LogP contribution is 2.21. The summed E-state index contributed by atoms with van der Waals surface area (Å²) in [5.74, 6) is 1.03. The second kappa shape index (κ2) is 4.57. The molecule has 1 aliphatic carbocycles. The minimum atomic E-state index is 0.381. The lowest BCUT2D eigenvalue weighted by Crippen LogP contribution is -2.33. The molecule has 1 aliphatic rings. The topological polar surface area (TPSA) is 68.2 Å². The molecule has 2 heterocycles. The molecule has 0 spiro atoms. The van der Waals surface area contributed by atoms with Crippen LogP contribution in [-0.2, 0) is 0 Å². The molecule has 0 atom stereocenters. The van der Waals surface area contributed by atoms with Gasteiger partial charge >= 0.3 is 0 Å². The highest BCUT2D eigenvalue weighted by atomic mass is 15.3. The zero-order chi connectivity index (χ0) is 12.5. The van der Waals surface area contributed by atoms with Gasteiger partial charge in [-0.05, 0) is 32.6 Å². The van der Waals surface area contributed by atoms with Crippen molar-refractivity contribution in [3.8, 4) is 0 Å². The van der Waals surface area contributed by atoms with Crippen LogP contribution in [0.1, 0.15) is 31.4 Å². The predicted octanol–water partition coefficient (Wildman–Crippen LogP) is 1.72. The summed E-state index contributed by atoms with van der Waals surface area (Å²) in [7, 11) is 0. The van der Waals surface area contributed by atoms with Gasteiger partial charge in [-0.25, -0.2) is 4.98 Å². The molecule has 0 saturated heterocycles. The van der Waals surface area contributed by atoms with E-state index in [1.165, 1.54) is 0 Å². The zero-order valence-corrected chi connectivity index (χ0v) is 10.6. The Balaban J connectivity index is 1.83. The molecule has 1 fully saturated rings. The molecule has 2 aromatic heterocycles.